The molecule has 0 saturated heterocycles. The number of rotatable bonds is 8. The summed E-state index contributed by atoms with van der Waals surface area (Å²) in [5, 5.41) is 6.89. The van der Waals surface area contributed by atoms with Crippen LogP contribution in [0.3, 0.4) is 0 Å². The Morgan fingerprint density at radius 2 is 1.86 bits per heavy atom. The van der Waals surface area contributed by atoms with Gasteiger partial charge >= 0.3 is 5.97 Å². The molecule has 0 radical (unpaired) electrons. The average molecular weight is 423 g/mol. The zero-order valence-electron chi connectivity index (χ0n) is 16.0. The summed E-state index contributed by atoms with van der Waals surface area (Å²) in [6.45, 7) is 4.41. The summed E-state index contributed by atoms with van der Waals surface area (Å²) in [6.07, 6.45) is 0. The van der Waals surface area contributed by atoms with Gasteiger partial charge in [0.05, 0.1) is 30.3 Å². The van der Waals surface area contributed by atoms with E-state index in [1.54, 1.807) is 32.2 Å². The van der Waals surface area contributed by atoms with Crippen LogP contribution < -0.4 is 20.1 Å². The van der Waals surface area contributed by atoms with Gasteiger partial charge in [0.15, 0.2) is 5.11 Å². The molecule has 0 fully saturated rings. The Morgan fingerprint density at radius 1 is 1.18 bits per heavy atom. The minimum absolute atomic E-state index is 0.0311. The van der Waals surface area contributed by atoms with Crippen LogP contribution >= 0.6 is 23.8 Å². The van der Waals surface area contributed by atoms with Crippen LogP contribution in [0.4, 0.5) is 5.69 Å². The summed E-state index contributed by atoms with van der Waals surface area (Å²) >= 11 is 11.5. The van der Waals surface area contributed by atoms with Crippen LogP contribution in [0.1, 0.15) is 24.2 Å². The molecule has 1 atom stereocenters. The number of anilines is 1. The van der Waals surface area contributed by atoms with E-state index in [0.717, 1.165) is 11.5 Å². The van der Waals surface area contributed by atoms with E-state index in [4.69, 9.17) is 38.0 Å². The lowest BCUT2D eigenvalue weighted by atomic mass is 10.2. The normalized spacial score (nSPS) is 11.3. The van der Waals surface area contributed by atoms with Gasteiger partial charge in [-0.2, -0.15) is 0 Å². The maximum Gasteiger partial charge on any atom is 0.339 e. The highest BCUT2D eigenvalue weighted by atomic mass is 35.5. The Bertz CT molecular complexity index is 814. The third-order valence-electron chi connectivity index (χ3n) is 3.66. The molecule has 0 heterocycles. The SMILES string of the molecule is CCOC(=O)c1ccc(NC(=S)N[C@@H](C)COc2ccc(OC)cc2)cc1Cl. The van der Waals surface area contributed by atoms with Crippen LogP contribution in [0.15, 0.2) is 42.5 Å². The Balaban J connectivity index is 1.83. The summed E-state index contributed by atoms with van der Waals surface area (Å²) in [6, 6.07) is 12.3. The fourth-order valence-electron chi connectivity index (χ4n) is 2.29. The third kappa shape index (κ3) is 6.58. The van der Waals surface area contributed by atoms with Gasteiger partial charge in [0, 0.05) is 5.69 Å². The van der Waals surface area contributed by atoms with E-state index in [2.05, 4.69) is 10.6 Å². The minimum atomic E-state index is -0.455. The minimum Gasteiger partial charge on any atom is -0.497 e. The summed E-state index contributed by atoms with van der Waals surface area (Å²) in [5.74, 6) is 1.07. The predicted octanol–water partition coefficient (Wildman–Crippen LogP) is 4.28. The van der Waals surface area contributed by atoms with Crippen molar-refractivity contribution in [1.82, 2.24) is 5.32 Å². The molecule has 0 aliphatic heterocycles. The number of carbonyl (C=O) groups is 1. The molecule has 0 unspecified atom stereocenters. The first-order valence-corrected chi connectivity index (χ1v) is 9.52. The topological polar surface area (TPSA) is 68.8 Å². The maximum atomic E-state index is 11.8. The number of hydrogen-bond donors (Lipinski definition) is 2. The van der Waals surface area contributed by atoms with Gasteiger partial charge in [-0.1, -0.05) is 11.6 Å². The lowest BCUT2D eigenvalue weighted by Gasteiger charge is -2.18. The van der Waals surface area contributed by atoms with Gasteiger partial charge in [-0.05, 0) is 68.5 Å². The maximum absolute atomic E-state index is 11.8. The van der Waals surface area contributed by atoms with Crippen molar-refractivity contribution in [3.05, 3.63) is 53.1 Å². The van der Waals surface area contributed by atoms with E-state index in [0.29, 0.717) is 34.6 Å². The first-order valence-electron chi connectivity index (χ1n) is 8.74. The summed E-state index contributed by atoms with van der Waals surface area (Å²) in [7, 11) is 1.62. The second kappa shape index (κ2) is 10.7. The van der Waals surface area contributed by atoms with Gasteiger partial charge in [0.1, 0.15) is 18.1 Å². The Morgan fingerprint density at radius 3 is 2.46 bits per heavy atom. The number of ether oxygens (including phenoxy) is 3. The first-order chi connectivity index (χ1) is 13.4. The van der Waals surface area contributed by atoms with Crippen molar-refractivity contribution >= 4 is 40.6 Å². The predicted molar refractivity (Wildman–Crippen MR) is 115 cm³/mol. The number of esters is 1. The summed E-state index contributed by atoms with van der Waals surface area (Å²) in [4.78, 5) is 11.8. The van der Waals surface area contributed by atoms with E-state index in [-0.39, 0.29) is 6.04 Å². The highest BCUT2D eigenvalue weighted by Crippen LogP contribution is 2.22. The summed E-state index contributed by atoms with van der Waals surface area (Å²) < 4.78 is 15.8. The van der Waals surface area contributed by atoms with E-state index in [1.165, 1.54) is 0 Å². The van der Waals surface area contributed by atoms with Crippen LogP contribution in [-0.4, -0.2) is 37.4 Å². The summed E-state index contributed by atoms with van der Waals surface area (Å²) in [5.41, 5.74) is 0.980. The lowest BCUT2D eigenvalue weighted by Crippen LogP contribution is -2.39. The van der Waals surface area contributed by atoms with Crippen LogP contribution in [0.5, 0.6) is 11.5 Å². The van der Waals surface area contributed by atoms with Crippen molar-refractivity contribution in [2.45, 2.75) is 19.9 Å². The van der Waals surface area contributed by atoms with Gasteiger partial charge in [-0.15, -0.1) is 0 Å². The Labute approximate surface area is 175 Å². The standard InChI is InChI=1S/C20H23ClN2O4S/c1-4-26-19(24)17-10-5-14(11-18(17)21)23-20(28)22-13(2)12-27-16-8-6-15(25-3)7-9-16/h5-11,13H,4,12H2,1-3H3,(H2,22,23,28)/t13-/m0/s1. The quantitative estimate of drug-likeness (QED) is 0.486. The molecule has 6 nitrogen and oxygen atoms in total. The molecular weight excluding hydrogens is 400 g/mol. The van der Waals surface area contributed by atoms with Gasteiger partial charge in [0.25, 0.3) is 0 Å². The molecule has 0 aliphatic carbocycles. The molecule has 2 N–H and O–H groups in total. The second-order valence-electron chi connectivity index (χ2n) is 5.90. The molecule has 0 spiro atoms. The number of halogens is 1. The number of benzene rings is 2. The molecule has 150 valence electrons. The number of nitrogens with one attached hydrogen (secondary N) is 2. The van der Waals surface area contributed by atoms with Gasteiger partial charge in [-0.25, -0.2) is 4.79 Å². The number of hydrogen-bond acceptors (Lipinski definition) is 5. The largest absolute Gasteiger partial charge is 0.497 e. The zero-order valence-corrected chi connectivity index (χ0v) is 17.5. The van der Waals surface area contributed by atoms with E-state index in [1.807, 2.05) is 31.2 Å². The molecule has 8 heteroatoms. The fraction of sp³-hybridized carbons (Fsp3) is 0.300. The molecule has 28 heavy (non-hydrogen) atoms. The van der Waals surface area contributed by atoms with Crippen LogP contribution in [-0.2, 0) is 4.74 Å². The van der Waals surface area contributed by atoms with Crippen molar-refractivity contribution in [2.75, 3.05) is 25.6 Å². The Kier molecular flexibility index (Phi) is 8.35. The monoisotopic (exact) mass is 422 g/mol. The van der Waals surface area contributed by atoms with Gasteiger partial charge in [-0.3, -0.25) is 0 Å². The number of thiocarbonyl (C=S) groups is 1. The van der Waals surface area contributed by atoms with Crippen molar-refractivity contribution < 1.29 is 19.0 Å². The molecular formula is C20H23ClN2O4S. The van der Waals surface area contributed by atoms with Crippen LogP contribution in [0.25, 0.3) is 0 Å². The fourth-order valence-corrected chi connectivity index (χ4v) is 2.87. The van der Waals surface area contributed by atoms with Crippen molar-refractivity contribution in [1.29, 1.82) is 0 Å². The van der Waals surface area contributed by atoms with E-state index >= 15 is 0 Å². The number of methoxy groups -OCH3 is 1. The highest BCUT2D eigenvalue weighted by molar-refractivity contribution is 7.80. The smallest absolute Gasteiger partial charge is 0.339 e. The molecule has 0 aliphatic rings. The molecule has 0 bridgehead atoms. The van der Waals surface area contributed by atoms with Crippen molar-refractivity contribution in [2.24, 2.45) is 0 Å². The first kappa shape index (κ1) is 21.8. The molecule has 2 aromatic carbocycles. The molecule has 0 saturated carbocycles. The van der Waals surface area contributed by atoms with Gasteiger partial charge < -0.3 is 24.8 Å². The molecule has 2 aromatic rings. The molecule has 0 aromatic heterocycles. The highest BCUT2D eigenvalue weighted by Gasteiger charge is 2.12. The van der Waals surface area contributed by atoms with Crippen molar-refractivity contribution in [3.63, 3.8) is 0 Å². The Hall–Kier alpha value is -2.51. The van der Waals surface area contributed by atoms with Gasteiger partial charge in [0.2, 0.25) is 0 Å². The third-order valence-corrected chi connectivity index (χ3v) is 4.19. The second-order valence-corrected chi connectivity index (χ2v) is 6.72. The molecule has 2 rings (SSSR count). The zero-order chi connectivity index (χ0) is 20.5. The lowest BCUT2D eigenvalue weighted by molar-refractivity contribution is 0.0526. The van der Waals surface area contributed by atoms with Crippen molar-refractivity contribution in [3.8, 4) is 11.5 Å². The number of carbonyl (C=O) groups excluding carboxylic acids is 1. The van der Waals surface area contributed by atoms with E-state index in [9.17, 15) is 4.79 Å². The van der Waals surface area contributed by atoms with Crippen LogP contribution in [0.2, 0.25) is 5.02 Å². The molecule has 0 amide bonds. The van der Waals surface area contributed by atoms with Crippen LogP contribution in [0, 0.1) is 0 Å². The average Bonchev–Trinajstić information content (AvgIpc) is 2.67. The van der Waals surface area contributed by atoms with E-state index < -0.39 is 5.97 Å².